The van der Waals surface area contributed by atoms with E-state index in [9.17, 15) is 4.79 Å². The largest absolute Gasteiger partial charge is 0.493 e. The lowest BCUT2D eigenvalue weighted by Crippen LogP contribution is -2.28. The molecule has 0 aromatic heterocycles. The Hall–Kier alpha value is -3.22. The summed E-state index contributed by atoms with van der Waals surface area (Å²) in [6.45, 7) is 7.03. The van der Waals surface area contributed by atoms with E-state index in [1.165, 1.54) is 22.9 Å². The van der Waals surface area contributed by atoms with Gasteiger partial charge in [-0.3, -0.25) is 9.69 Å². The van der Waals surface area contributed by atoms with Gasteiger partial charge in [0.25, 0.3) is 5.91 Å². The van der Waals surface area contributed by atoms with Crippen molar-refractivity contribution in [1.29, 1.82) is 0 Å². The Balaban J connectivity index is 1.54. The number of benzene rings is 3. The molecule has 3 aromatic carbocycles. The Kier molecular flexibility index (Phi) is 7.83. The Morgan fingerprint density at radius 3 is 2.46 bits per heavy atom. The van der Waals surface area contributed by atoms with Gasteiger partial charge in [0.15, 0.2) is 16.7 Å². The SMILES string of the molecule is CCN1C(=O)C(=Cc2ccc(OCc3ccc(Cl)cc3)c(OC)c2)SC1=Nc1ccc(C)c(C)c1. The minimum Gasteiger partial charge on any atom is -0.493 e. The van der Waals surface area contributed by atoms with Gasteiger partial charge in [0.1, 0.15) is 6.61 Å². The van der Waals surface area contributed by atoms with Gasteiger partial charge in [-0.05, 0) is 97.3 Å². The molecule has 180 valence electrons. The van der Waals surface area contributed by atoms with Crippen LogP contribution in [0.5, 0.6) is 11.5 Å². The number of ether oxygens (including phenoxy) is 2. The number of aryl methyl sites for hydroxylation is 2. The van der Waals surface area contributed by atoms with Gasteiger partial charge < -0.3 is 9.47 Å². The van der Waals surface area contributed by atoms with Crippen LogP contribution in [0.15, 0.2) is 70.6 Å². The smallest absolute Gasteiger partial charge is 0.266 e. The number of hydrogen-bond acceptors (Lipinski definition) is 5. The number of thioether (sulfide) groups is 1. The number of rotatable bonds is 7. The van der Waals surface area contributed by atoms with Crippen LogP contribution in [0, 0.1) is 13.8 Å². The summed E-state index contributed by atoms with van der Waals surface area (Å²) in [7, 11) is 1.60. The van der Waals surface area contributed by atoms with Crippen molar-refractivity contribution in [3.63, 3.8) is 0 Å². The number of hydrogen-bond donors (Lipinski definition) is 0. The number of nitrogens with zero attached hydrogens (tertiary/aromatic N) is 2. The van der Waals surface area contributed by atoms with Crippen molar-refractivity contribution in [3.8, 4) is 11.5 Å². The first-order valence-corrected chi connectivity index (χ1v) is 12.5. The normalized spacial score (nSPS) is 15.8. The van der Waals surface area contributed by atoms with Crippen molar-refractivity contribution >= 4 is 46.2 Å². The topological polar surface area (TPSA) is 51.1 Å². The van der Waals surface area contributed by atoms with Gasteiger partial charge in [0, 0.05) is 11.6 Å². The first-order chi connectivity index (χ1) is 16.9. The zero-order valence-electron chi connectivity index (χ0n) is 20.2. The lowest BCUT2D eigenvalue weighted by molar-refractivity contribution is -0.122. The third-order valence-corrected chi connectivity index (χ3v) is 6.97. The summed E-state index contributed by atoms with van der Waals surface area (Å²) >= 11 is 7.33. The maximum atomic E-state index is 13.1. The predicted molar refractivity (Wildman–Crippen MR) is 145 cm³/mol. The minimum absolute atomic E-state index is 0.0536. The van der Waals surface area contributed by atoms with E-state index >= 15 is 0 Å². The summed E-state index contributed by atoms with van der Waals surface area (Å²) in [6.07, 6.45) is 1.87. The van der Waals surface area contributed by atoms with Crippen LogP contribution in [0.2, 0.25) is 5.02 Å². The highest BCUT2D eigenvalue weighted by Crippen LogP contribution is 2.36. The molecule has 0 unspecified atom stereocenters. The van der Waals surface area contributed by atoms with E-state index < -0.39 is 0 Å². The molecule has 1 aliphatic heterocycles. The van der Waals surface area contributed by atoms with Gasteiger partial charge in [0.05, 0.1) is 17.7 Å². The van der Waals surface area contributed by atoms with E-state index in [4.69, 9.17) is 26.1 Å². The Morgan fingerprint density at radius 1 is 1.00 bits per heavy atom. The van der Waals surface area contributed by atoms with Gasteiger partial charge >= 0.3 is 0 Å². The molecular formula is C28H27ClN2O3S. The maximum absolute atomic E-state index is 13.1. The fourth-order valence-corrected chi connectivity index (χ4v) is 4.75. The van der Waals surface area contributed by atoms with Crippen molar-refractivity contribution < 1.29 is 14.3 Å². The van der Waals surface area contributed by atoms with E-state index in [2.05, 4.69) is 13.8 Å². The molecule has 1 saturated heterocycles. The van der Waals surface area contributed by atoms with E-state index in [1.54, 1.807) is 12.0 Å². The van der Waals surface area contributed by atoms with Crippen LogP contribution in [0.25, 0.3) is 6.08 Å². The predicted octanol–water partition coefficient (Wildman–Crippen LogP) is 7.17. The fourth-order valence-electron chi connectivity index (χ4n) is 3.56. The van der Waals surface area contributed by atoms with E-state index in [1.807, 2.05) is 73.7 Å². The molecule has 0 bridgehead atoms. The van der Waals surface area contributed by atoms with Crippen molar-refractivity contribution in [1.82, 2.24) is 4.90 Å². The molecule has 4 rings (SSSR count). The molecule has 1 heterocycles. The fraction of sp³-hybridized carbons (Fsp3) is 0.214. The van der Waals surface area contributed by atoms with Crippen molar-refractivity contribution in [2.24, 2.45) is 4.99 Å². The Bertz CT molecular complexity index is 1300. The number of halogens is 1. The highest BCUT2D eigenvalue weighted by Gasteiger charge is 2.32. The van der Waals surface area contributed by atoms with Crippen LogP contribution in [0.4, 0.5) is 5.69 Å². The number of methoxy groups -OCH3 is 1. The monoisotopic (exact) mass is 506 g/mol. The van der Waals surface area contributed by atoms with Gasteiger partial charge in [-0.2, -0.15) is 0 Å². The molecule has 0 N–H and O–H groups in total. The van der Waals surface area contributed by atoms with Crippen LogP contribution < -0.4 is 9.47 Å². The Morgan fingerprint density at radius 2 is 1.77 bits per heavy atom. The van der Waals surface area contributed by atoms with Gasteiger partial charge in [-0.15, -0.1) is 0 Å². The number of aliphatic imine (C=N–C) groups is 1. The summed E-state index contributed by atoms with van der Waals surface area (Å²) in [6, 6.07) is 19.2. The molecule has 1 fully saturated rings. The second-order valence-electron chi connectivity index (χ2n) is 8.15. The molecule has 0 spiro atoms. The van der Waals surface area contributed by atoms with Crippen LogP contribution in [0.1, 0.15) is 29.2 Å². The average Bonchev–Trinajstić information content (AvgIpc) is 3.14. The summed E-state index contributed by atoms with van der Waals surface area (Å²) in [5, 5.41) is 1.37. The van der Waals surface area contributed by atoms with Crippen LogP contribution in [-0.2, 0) is 11.4 Å². The number of carbonyl (C=O) groups excluding carboxylic acids is 1. The van der Waals surface area contributed by atoms with Gasteiger partial charge in [-0.25, -0.2) is 4.99 Å². The molecule has 5 nitrogen and oxygen atoms in total. The highest BCUT2D eigenvalue weighted by atomic mass is 35.5. The zero-order chi connectivity index (χ0) is 24.9. The quantitative estimate of drug-likeness (QED) is 0.319. The molecule has 1 amide bonds. The van der Waals surface area contributed by atoms with Crippen LogP contribution in [-0.4, -0.2) is 29.6 Å². The lowest BCUT2D eigenvalue weighted by atomic mass is 10.1. The van der Waals surface area contributed by atoms with Crippen LogP contribution >= 0.6 is 23.4 Å². The molecule has 35 heavy (non-hydrogen) atoms. The van der Waals surface area contributed by atoms with E-state index in [0.717, 1.165) is 16.8 Å². The average molecular weight is 507 g/mol. The summed E-state index contributed by atoms with van der Waals surface area (Å²) < 4.78 is 11.5. The standard InChI is InChI=1S/C28H27ClN2O3S/c1-5-31-27(32)26(35-28(31)30-23-12-6-18(2)19(3)14-23)16-21-9-13-24(25(15-21)33-4)34-17-20-7-10-22(29)11-8-20/h6-16H,5,17H2,1-4H3. The molecule has 1 aliphatic rings. The summed E-state index contributed by atoms with van der Waals surface area (Å²) in [5.41, 5.74) is 5.08. The first-order valence-electron chi connectivity index (χ1n) is 11.3. The number of likely N-dealkylation sites (N-methyl/N-ethyl adjacent to an activating group) is 1. The molecule has 0 radical (unpaired) electrons. The minimum atomic E-state index is -0.0536. The van der Waals surface area contributed by atoms with Gasteiger partial charge in [-0.1, -0.05) is 35.9 Å². The van der Waals surface area contributed by atoms with Crippen molar-refractivity contribution in [2.45, 2.75) is 27.4 Å². The molecule has 3 aromatic rings. The van der Waals surface area contributed by atoms with Crippen LogP contribution in [0.3, 0.4) is 0 Å². The Labute approximate surface area is 215 Å². The molecular weight excluding hydrogens is 480 g/mol. The van der Waals surface area contributed by atoms with Gasteiger partial charge in [0.2, 0.25) is 0 Å². The van der Waals surface area contributed by atoms with E-state index in [0.29, 0.717) is 39.7 Å². The highest BCUT2D eigenvalue weighted by molar-refractivity contribution is 8.18. The summed E-state index contributed by atoms with van der Waals surface area (Å²) in [5.74, 6) is 1.17. The summed E-state index contributed by atoms with van der Waals surface area (Å²) in [4.78, 5) is 20.1. The molecule has 0 atom stereocenters. The number of carbonyl (C=O) groups is 1. The van der Waals surface area contributed by atoms with Crippen molar-refractivity contribution in [3.05, 3.63) is 92.8 Å². The zero-order valence-corrected chi connectivity index (χ0v) is 21.7. The second-order valence-corrected chi connectivity index (χ2v) is 9.59. The third kappa shape index (κ3) is 5.89. The molecule has 7 heteroatoms. The number of amides is 1. The maximum Gasteiger partial charge on any atom is 0.266 e. The molecule has 0 aliphatic carbocycles. The first kappa shape index (κ1) is 24.9. The molecule has 0 saturated carbocycles. The lowest BCUT2D eigenvalue weighted by Gasteiger charge is -2.12. The second kappa shape index (κ2) is 11.0. The van der Waals surface area contributed by atoms with E-state index in [-0.39, 0.29) is 5.91 Å². The third-order valence-electron chi connectivity index (χ3n) is 5.71. The number of amidine groups is 1. The van der Waals surface area contributed by atoms with Crippen molar-refractivity contribution in [2.75, 3.05) is 13.7 Å².